The Bertz CT molecular complexity index is 583. The smallest absolute Gasteiger partial charge is 0.151 e. The van der Waals surface area contributed by atoms with Crippen LogP contribution in [0, 0.1) is 5.82 Å². The number of hydrogen-bond acceptors (Lipinski definition) is 3. The van der Waals surface area contributed by atoms with Gasteiger partial charge >= 0.3 is 0 Å². The topological polar surface area (TPSA) is 37.4 Å². The van der Waals surface area contributed by atoms with Gasteiger partial charge in [-0.1, -0.05) is 25.1 Å². The monoisotopic (exact) mass is 311 g/mol. The number of benzene rings is 1. The van der Waals surface area contributed by atoms with Crippen molar-refractivity contribution >= 4 is 9.84 Å². The van der Waals surface area contributed by atoms with Gasteiger partial charge in [0.1, 0.15) is 5.82 Å². The van der Waals surface area contributed by atoms with E-state index in [1.54, 1.807) is 12.1 Å². The highest BCUT2D eigenvalue weighted by Gasteiger charge is 2.32. The largest absolute Gasteiger partial charge is 0.295 e. The van der Waals surface area contributed by atoms with E-state index in [1.807, 2.05) is 6.08 Å². The number of hydrogen-bond donors (Lipinski definition) is 0. The molecule has 1 aromatic rings. The minimum absolute atomic E-state index is 0.0656. The summed E-state index contributed by atoms with van der Waals surface area (Å²) in [6, 6.07) is 6.57. The summed E-state index contributed by atoms with van der Waals surface area (Å²) in [5.74, 6) is 0.484. The molecule has 0 bridgehead atoms. The second-order valence-corrected chi connectivity index (χ2v) is 7.98. The summed E-state index contributed by atoms with van der Waals surface area (Å²) < 4.78 is 36.3. The van der Waals surface area contributed by atoms with Gasteiger partial charge in [-0.2, -0.15) is 0 Å². The Kier molecular flexibility index (Phi) is 5.17. The third-order valence-corrected chi connectivity index (χ3v) is 5.79. The maximum Gasteiger partial charge on any atom is 0.151 e. The molecule has 1 heterocycles. The zero-order valence-corrected chi connectivity index (χ0v) is 13.2. The van der Waals surface area contributed by atoms with Crippen molar-refractivity contribution < 1.29 is 12.8 Å². The highest BCUT2D eigenvalue weighted by atomic mass is 32.2. The summed E-state index contributed by atoms with van der Waals surface area (Å²) in [5.41, 5.74) is 1.06. The number of sulfone groups is 1. The van der Waals surface area contributed by atoms with Gasteiger partial charge in [-0.3, -0.25) is 4.90 Å². The molecule has 2 rings (SSSR count). The lowest BCUT2D eigenvalue weighted by molar-refractivity contribution is 0.224. The van der Waals surface area contributed by atoms with Crippen molar-refractivity contribution in [3.05, 3.63) is 48.3 Å². The Hall–Kier alpha value is -1.20. The summed E-state index contributed by atoms with van der Waals surface area (Å²) in [5, 5.41) is 0. The average molecular weight is 311 g/mol. The molecule has 0 aromatic heterocycles. The molecule has 0 aliphatic carbocycles. The second kappa shape index (κ2) is 6.71. The second-order valence-electron chi connectivity index (χ2n) is 5.75. The summed E-state index contributed by atoms with van der Waals surface area (Å²) >= 11 is 0. The predicted molar refractivity (Wildman–Crippen MR) is 83.6 cm³/mol. The standard InChI is InChI=1S/C16H22FNO2S/c1-3-9-18(16-8-10-21(19,20)12-16)11-13(2)14-4-6-15(17)7-5-14/h3-7,13,16H,1,8-12H2,2H3/t13-,16-/m1/s1. The SMILES string of the molecule is C=CCN(C[C@@H](C)c1ccc(F)cc1)[C@@H]1CCS(=O)(=O)C1. The van der Waals surface area contributed by atoms with Crippen molar-refractivity contribution in [2.45, 2.75) is 25.3 Å². The van der Waals surface area contributed by atoms with Crippen LogP contribution in [-0.2, 0) is 9.84 Å². The fourth-order valence-electron chi connectivity index (χ4n) is 2.85. The average Bonchev–Trinajstić information content (AvgIpc) is 2.79. The minimum Gasteiger partial charge on any atom is -0.295 e. The van der Waals surface area contributed by atoms with Crippen LogP contribution in [0.1, 0.15) is 24.8 Å². The van der Waals surface area contributed by atoms with Gasteiger partial charge < -0.3 is 0 Å². The Morgan fingerprint density at radius 3 is 2.62 bits per heavy atom. The normalized spacial score (nSPS) is 22.3. The molecular formula is C16H22FNO2S. The summed E-state index contributed by atoms with van der Waals surface area (Å²) in [7, 11) is -2.89. The number of rotatable bonds is 6. The Morgan fingerprint density at radius 2 is 2.10 bits per heavy atom. The molecule has 1 saturated heterocycles. The van der Waals surface area contributed by atoms with Gasteiger partial charge in [0.05, 0.1) is 11.5 Å². The summed E-state index contributed by atoms with van der Waals surface area (Å²) in [6.45, 7) is 7.26. The van der Waals surface area contributed by atoms with Crippen molar-refractivity contribution in [2.24, 2.45) is 0 Å². The Labute approximate surface area is 126 Å². The molecule has 0 radical (unpaired) electrons. The van der Waals surface area contributed by atoms with Crippen LogP contribution in [0.5, 0.6) is 0 Å². The quantitative estimate of drug-likeness (QED) is 0.758. The van der Waals surface area contributed by atoms with Gasteiger partial charge in [0.15, 0.2) is 9.84 Å². The molecule has 0 N–H and O–H groups in total. The first-order valence-electron chi connectivity index (χ1n) is 7.22. The summed E-state index contributed by atoms with van der Waals surface area (Å²) in [6.07, 6.45) is 2.49. The van der Waals surface area contributed by atoms with Crippen molar-refractivity contribution in [3.63, 3.8) is 0 Å². The van der Waals surface area contributed by atoms with Gasteiger partial charge in [-0.15, -0.1) is 6.58 Å². The number of halogens is 1. The van der Waals surface area contributed by atoms with Crippen LogP contribution < -0.4 is 0 Å². The van der Waals surface area contributed by atoms with E-state index in [0.29, 0.717) is 13.0 Å². The van der Waals surface area contributed by atoms with Crippen LogP contribution in [-0.4, -0.2) is 44.0 Å². The van der Waals surface area contributed by atoms with Crippen LogP contribution in [0.15, 0.2) is 36.9 Å². The zero-order chi connectivity index (χ0) is 15.5. The first-order valence-corrected chi connectivity index (χ1v) is 9.04. The highest BCUT2D eigenvalue weighted by molar-refractivity contribution is 7.91. The van der Waals surface area contributed by atoms with Crippen molar-refractivity contribution in [1.29, 1.82) is 0 Å². The molecule has 2 atom stereocenters. The molecule has 0 unspecified atom stereocenters. The van der Waals surface area contributed by atoms with E-state index >= 15 is 0 Å². The van der Waals surface area contributed by atoms with Gasteiger partial charge in [0, 0.05) is 19.1 Å². The zero-order valence-electron chi connectivity index (χ0n) is 12.3. The lowest BCUT2D eigenvalue weighted by Crippen LogP contribution is -2.38. The van der Waals surface area contributed by atoms with Crippen LogP contribution in [0.2, 0.25) is 0 Å². The lowest BCUT2D eigenvalue weighted by atomic mass is 9.99. The molecule has 0 saturated carbocycles. The molecule has 1 fully saturated rings. The van der Waals surface area contributed by atoms with E-state index in [1.165, 1.54) is 12.1 Å². The molecule has 0 amide bonds. The Morgan fingerprint density at radius 1 is 1.43 bits per heavy atom. The third-order valence-electron chi connectivity index (χ3n) is 4.04. The van der Waals surface area contributed by atoms with E-state index in [4.69, 9.17) is 0 Å². The summed E-state index contributed by atoms with van der Waals surface area (Å²) in [4.78, 5) is 2.17. The first-order chi connectivity index (χ1) is 9.91. The fraction of sp³-hybridized carbons (Fsp3) is 0.500. The van der Waals surface area contributed by atoms with E-state index in [2.05, 4.69) is 18.4 Å². The molecule has 3 nitrogen and oxygen atoms in total. The van der Waals surface area contributed by atoms with Crippen LogP contribution in [0.4, 0.5) is 4.39 Å². The van der Waals surface area contributed by atoms with Gasteiger partial charge in [-0.25, -0.2) is 12.8 Å². The number of nitrogens with zero attached hydrogens (tertiary/aromatic N) is 1. The van der Waals surface area contributed by atoms with Gasteiger partial charge in [-0.05, 0) is 30.0 Å². The van der Waals surface area contributed by atoms with Crippen molar-refractivity contribution in [3.8, 4) is 0 Å². The molecule has 21 heavy (non-hydrogen) atoms. The molecule has 1 aromatic carbocycles. The highest BCUT2D eigenvalue weighted by Crippen LogP contribution is 2.23. The van der Waals surface area contributed by atoms with E-state index in [0.717, 1.165) is 12.1 Å². The fourth-order valence-corrected chi connectivity index (χ4v) is 4.61. The molecule has 116 valence electrons. The predicted octanol–water partition coefficient (Wildman–Crippen LogP) is 2.60. The molecular weight excluding hydrogens is 289 g/mol. The van der Waals surface area contributed by atoms with Gasteiger partial charge in [0.2, 0.25) is 0 Å². The maximum atomic E-state index is 13.0. The third kappa shape index (κ3) is 4.38. The van der Waals surface area contributed by atoms with Gasteiger partial charge in [0.25, 0.3) is 0 Å². The van der Waals surface area contributed by atoms with E-state index in [-0.39, 0.29) is 29.3 Å². The van der Waals surface area contributed by atoms with Crippen molar-refractivity contribution in [2.75, 3.05) is 24.6 Å². The Balaban J connectivity index is 2.05. The molecule has 1 aliphatic heterocycles. The molecule has 0 spiro atoms. The van der Waals surface area contributed by atoms with Crippen LogP contribution in [0.25, 0.3) is 0 Å². The van der Waals surface area contributed by atoms with Crippen LogP contribution in [0.3, 0.4) is 0 Å². The van der Waals surface area contributed by atoms with E-state index < -0.39 is 9.84 Å². The molecule has 5 heteroatoms. The van der Waals surface area contributed by atoms with Crippen LogP contribution >= 0.6 is 0 Å². The van der Waals surface area contributed by atoms with E-state index in [9.17, 15) is 12.8 Å². The molecule has 1 aliphatic rings. The minimum atomic E-state index is -2.89. The van der Waals surface area contributed by atoms with Crippen molar-refractivity contribution in [1.82, 2.24) is 4.90 Å². The maximum absolute atomic E-state index is 13.0. The first kappa shape index (κ1) is 16.2. The lowest BCUT2D eigenvalue weighted by Gasteiger charge is -2.29.